The van der Waals surface area contributed by atoms with Gasteiger partial charge in [0.25, 0.3) is 0 Å². The fourth-order valence-electron chi connectivity index (χ4n) is 3.20. The molecule has 0 bridgehead atoms. The van der Waals surface area contributed by atoms with Crippen molar-refractivity contribution in [3.8, 4) is 0 Å². The van der Waals surface area contributed by atoms with E-state index in [2.05, 4.69) is 10.0 Å². The number of sulfonamides is 1. The number of nitrogens with one attached hydrogen (secondary N) is 2. The Morgan fingerprint density at radius 2 is 1.89 bits per heavy atom. The quantitative estimate of drug-likeness (QED) is 0.711. The summed E-state index contributed by atoms with van der Waals surface area (Å²) in [6.45, 7) is 6.84. The van der Waals surface area contributed by atoms with Crippen LogP contribution >= 0.6 is 0 Å². The van der Waals surface area contributed by atoms with Gasteiger partial charge in [-0.25, -0.2) is 17.9 Å². The minimum atomic E-state index is -3.65. The molecule has 8 nitrogen and oxygen atoms in total. The van der Waals surface area contributed by atoms with Crippen LogP contribution in [0.1, 0.15) is 37.3 Å². The van der Waals surface area contributed by atoms with E-state index in [9.17, 15) is 18.0 Å². The maximum Gasteiger partial charge on any atom is 0.409 e. The summed E-state index contributed by atoms with van der Waals surface area (Å²) < 4.78 is 32.2. The molecule has 1 heterocycles. The van der Waals surface area contributed by atoms with Crippen molar-refractivity contribution < 1.29 is 22.7 Å². The van der Waals surface area contributed by atoms with Crippen LogP contribution in [-0.2, 0) is 19.6 Å². The minimum Gasteiger partial charge on any atom is -0.450 e. The number of amides is 2. The Bertz CT molecular complexity index is 802. The monoisotopic (exact) mass is 411 g/mol. The van der Waals surface area contributed by atoms with Crippen LogP contribution in [0.15, 0.2) is 23.1 Å². The van der Waals surface area contributed by atoms with Gasteiger partial charge in [-0.2, -0.15) is 0 Å². The molecule has 1 aliphatic heterocycles. The summed E-state index contributed by atoms with van der Waals surface area (Å²) in [7, 11) is -3.65. The van der Waals surface area contributed by atoms with Gasteiger partial charge in [-0.15, -0.1) is 0 Å². The molecular formula is C19H29N3O5S. The van der Waals surface area contributed by atoms with Crippen molar-refractivity contribution >= 4 is 22.0 Å². The van der Waals surface area contributed by atoms with Gasteiger partial charge in [0.2, 0.25) is 15.9 Å². The van der Waals surface area contributed by atoms with E-state index >= 15 is 0 Å². The second-order valence-corrected chi connectivity index (χ2v) is 8.68. The molecule has 0 spiro atoms. The summed E-state index contributed by atoms with van der Waals surface area (Å²) in [4.78, 5) is 25.6. The Hall–Kier alpha value is -2.13. The number of nitrogens with zero attached hydrogens (tertiary/aromatic N) is 1. The molecule has 0 unspecified atom stereocenters. The first-order valence-corrected chi connectivity index (χ1v) is 11.0. The number of hydrogen-bond acceptors (Lipinski definition) is 5. The van der Waals surface area contributed by atoms with Crippen LogP contribution in [0, 0.1) is 13.8 Å². The molecule has 0 radical (unpaired) electrons. The smallest absolute Gasteiger partial charge is 0.409 e. The van der Waals surface area contributed by atoms with Crippen LogP contribution in [0.25, 0.3) is 0 Å². The van der Waals surface area contributed by atoms with Crippen molar-refractivity contribution in [1.82, 2.24) is 14.9 Å². The molecule has 2 rings (SSSR count). The molecule has 0 atom stereocenters. The van der Waals surface area contributed by atoms with Gasteiger partial charge < -0.3 is 15.0 Å². The van der Waals surface area contributed by atoms with Crippen LogP contribution in [0.5, 0.6) is 0 Å². The Labute approximate surface area is 166 Å². The highest BCUT2D eigenvalue weighted by atomic mass is 32.2. The van der Waals surface area contributed by atoms with E-state index in [1.807, 2.05) is 13.0 Å². The third-order valence-corrected chi connectivity index (χ3v) is 6.27. The number of carbonyl (C=O) groups excluding carboxylic acids is 2. The molecule has 1 aromatic carbocycles. The Morgan fingerprint density at radius 1 is 1.21 bits per heavy atom. The summed E-state index contributed by atoms with van der Waals surface area (Å²) >= 11 is 0. The summed E-state index contributed by atoms with van der Waals surface area (Å²) in [5.41, 5.74) is 1.66. The highest BCUT2D eigenvalue weighted by Crippen LogP contribution is 2.16. The van der Waals surface area contributed by atoms with Gasteiger partial charge in [0.1, 0.15) is 0 Å². The topological polar surface area (TPSA) is 105 Å². The van der Waals surface area contributed by atoms with Crippen molar-refractivity contribution in [2.45, 2.75) is 51.0 Å². The predicted octanol–water partition coefficient (Wildman–Crippen LogP) is 1.71. The normalized spacial score (nSPS) is 15.3. The average Bonchev–Trinajstić information content (AvgIpc) is 2.62. The molecule has 2 N–H and O–H groups in total. The molecule has 1 saturated heterocycles. The van der Waals surface area contributed by atoms with Crippen LogP contribution in [0.2, 0.25) is 0 Å². The van der Waals surface area contributed by atoms with Gasteiger partial charge in [-0.1, -0.05) is 17.7 Å². The first-order valence-electron chi connectivity index (χ1n) is 9.51. The number of ether oxygens (including phenoxy) is 1. The van der Waals surface area contributed by atoms with Gasteiger partial charge in [0.05, 0.1) is 11.5 Å². The van der Waals surface area contributed by atoms with Gasteiger partial charge in [-0.3, -0.25) is 4.79 Å². The number of benzene rings is 1. The van der Waals surface area contributed by atoms with E-state index in [1.165, 1.54) is 0 Å². The second-order valence-electron chi connectivity index (χ2n) is 6.94. The standard InChI is InChI=1S/C19H29N3O5S/c1-4-27-19(24)22-11-8-16(9-12-22)21-18(23)7-10-20-28(25,26)17-6-5-14(2)13-15(17)3/h5-6,13,16,20H,4,7-12H2,1-3H3,(H,21,23). The van der Waals surface area contributed by atoms with Crippen LogP contribution in [-0.4, -0.2) is 57.6 Å². The van der Waals surface area contributed by atoms with Crippen molar-refractivity contribution in [1.29, 1.82) is 0 Å². The fraction of sp³-hybridized carbons (Fsp3) is 0.579. The second kappa shape index (κ2) is 9.88. The Morgan fingerprint density at radius 3 is 2.50 bits per heavy atom. The lowest BCUT2D eigenvalue weighted by Gasteiger charge is -2.31. The van der Waals surface area contributed by atoms with Crippen molar-refractivity contribution in [2.75, 3.05) is 26.2 Å². The molecular weight excluding hydrogens is 382 g/mol. The van der Waals surface area contributed by atoms with E-state index in [-0.39, 0.29) is 35.9 Å². The summed E-state index contributed by atoms with van der Waals surface area (Å²) in [5, 5.41) is 2.90. The lowest BCUT2D eigenvalue weighted by Crippen LogP contribution is -2.47. The predicted molar refractivity (Wildman–Crippen MR) is 105 cm³/mol. The Kier molecular flexibility index (Phi) is 7.82. The number of carbonyl (C=O) groups is 2. The number of rotatable bonds is 7. The van der Waals surface area contributed by atoms with Gasteiger partial charge in [0, 0.05) is 32.1 Å². The first-order chi connectivity index (χ1) is 13.2. The molecule has 0 aromatic heterocycles. The maximum absolute atomic E-state index is 12.4. The largest absolute Gasteiger partial charge is 0.450 e. The number of hydrogen-bond donors (Lipinski definition) is 2. The molecule has 0 aliphatic carbocycles. The zero-order valence-corrected chi connectivity index (χ0v) is 17.5. The number of aryl methyl sites for hydroxylation is 2. The van der Waals surface area contributed by atoms with E-state index < -0.39 is 10.0 Å². The zero-order valence-electron chi connectivity index (χ0n) is 16.7. The zero-order chi connectivity index (χ0) is 20.7. The fourth-order valence-corrected chi connectivity index (χ4v) is 4.45. The average molecular weight is 412 g/mol. The lowest BCUT2D eigenvalue weighted by atomic mass is 10.1. The highest BCUT2D eigenvalue weighted by Gasteiger charge is 2.24. The van der Waals surface area contributed by atoms with E-state index in [1.54, 1.807) is 30.9 Å². The summed E-state index contributed by atoms with van der Waals surface area (Å²) in [5.74, 6) is -0.210. The van der Waals surface area contributed by atoms with Gasteiger partial charge >= 0.3 is 6.09 Å². The molecule has 2 amide bonds. The van der Waals surface area contributed by atoms with Gasteiger partial charge in [-0.05, 0) is 45.2 Å². The third kappa shape index (κ3) is 6.20. The van der Waals surface area contributed by atoms with E-state index in [4.69, 9.17) is 4.74 Å². The van der Waals surface area contributed by atoms with Gasteiger partial charge in [0.15, 0.2) is 0 Å². The molecule has 28 heavy (non-hydrogen) atoms. The molecule has 1 aromatic rings. The van der Waals surface area contributed by atoms with E-state index in [0.717, 1.165) is 5.56 Å². The minimum absolute atomic E-state index is 0.0193. The molecule has 0 saturated carbocycles. The SMILES string of the molecule is CCOC(=O)N1CCC(NC(=O)CCNS(=O)(=O)c2ccc(C)cc2C)CC1. The van der Waals surface area contributed by atoms with E-state index in [0.29, 0.717) is 38.1 Å². The Balaban J connectivity index is 1.75. The van der Waals surface area contributed by atoms with Crippen LogP contribution in [0.3, 0.4) is 0 Å². The molecule has 9 heteroatoms. The number of likely N-dealkylation sites (tertiary alicyclic amines) is 1. The molecule has 156 valence electrons. The lowest BCUT2D eigenvalue weighted by molar-refractivity contribution is -0.121. The number of piperidine rings is 1. The molecule has 1 aliphatic rings. The van der Waals surface area contributed by atoms with Crippen molar-refractivity contribution in [3.63, 3.8) is 0 Å². The van der Waals surface area contributed by atoms with Crippen LogP contribution in [0.4, 0.5) is 4.79 Å². The first kappa shape index (κ1) is 22.2. The maximum atomic E-state index is 12.4. The van der Waals surface area contributed by atoms with Crippen LogP contribution < -0.4 is 10.0 Å². The van der Waals surface area contributed by atoms with Crippen molar-refractivity contribution in [2.24, 2.45) is 0 Å². The highest BCUT2D eigenvalue weighted by molar-refractivity contribution is 7.89. The third-order valence-electron chi connectivity index (χ3n) is 4.65. The van der Waals surface area contributed by atoms with Crippen molar-refractivity contribution in [3.05, 3.63) is 29.3 Å². The molecule has 1 fully saturated rings. The summed E-state index contributed by atoms with van der Waals surface area (Å²) in [6.07, 6.45) is 1.04. The summed E-state index contributed by atoms with van der Waals surface area (Å²) in [6, 6.07) is 5.11.